The van der Waals surface area contributed by atoms with Crippen molar-refractivity contribution < 1.29 is 14.3 Å². The van der Waals surface area contributed by atoms with Crippen molar-refractivity contribution in [3.8, 4) is 0 Å². The number of hydrogen-bond donors (Lipinski definition) is 2. The third-order valence-corrected chi connectivity index (χ3v) is 3.48. The Labute approximate surface area is 146 Å². The molecule has 0 atom stereocenters. The number of aromatic amines is 1. The van der Waals surface area contributed by atoms with Gasteiger partial charge in [-0.15, -0.1) is 0 Å². The van der Waals surface area contributed by atoms with Crippen molar-refractivity contribution in [3.05, 3.63) is 51.5 Å². The lowest BCUT2D eigenvalue weighted by Crippen LogP contribution is -2.14. The van der Waals surface area contributed by atoms with Gasteiger partial charge in [0.25, 0.3) is 5.56 Å². The molecule has 0 amide bonds. The number of halogens is 1. The molecule has 3 rings (SSSR count). The molecule has 3 aromatic rings. The first-order valence-corrected chi connectivity index (χ1v) is 7.63. The first kappa shape index (κ1) is 16.9. The summed E-state index contributed by atoms with van der Waals surface area (Å²) in [6.07, 6.45) is 1.42. The smallest absolute Gasteiger partial charge is 0.338 e. The van der Waals surface area contributed by atoms with Gasteiger partial charge in [-0.25, -0.2) is 9.78 Å². The van der Waals surface area contributed by atoms with Crippen LogP contribution < -0.4 is 11.3 Å². The Hall–Kier alpha value is -2.91. The number of fused-ring (bicyclic) bond motifs is 1. The number of rotatable bonds is 6. The maximum Gasteiger partial charge on any atom is 0.338 e. The van der Waals surface area contributed by atoms with E-state index in [-0.39, 0.29) is 31.4 Å². The summed E-state index contributed by atoms with van der Waals surface area (Å²) in [7, 11) is 0. The van der Waals surface area contributed by atoms with Gasteiger partial charge in [-0.3, -0.25) is 14.3 Å². The Kier molecular flexibility index (Phi) is 4.96. The van der Waals surface area contributed by atoms with Gasteiger partial charge in [-0.1, -0.05) is 17.7 Å². The number of benzene rings is 1. The average molecular weight is 364 g/mol. The molecule has 0 aliphatic heterocycles. The Morgan fingerprint density at radius 1 is 1.36 bits per heavy atom. The molecule has 0 saturated carbocycles. The minimum absolute atomic E-state index is 0.00491. The van der Waals surface area contributed by atoms with Crippen LogP contribution in [0.2, 0.25) is 5.02 Å². The molecular formula is C15H14ClN5O4. The van der Waals surface area contributed by atoms with E-state index in [9.17, 15) is 9.59 Å². The van der Waals surface area contributed by atoms with Crippen molar-refractivity contribution in [2.45, 2.75) is 6.73 Å². The lowest BCUT2D eigenvalue weighted by Gasteiger charge is -2.07. The highest BCUT2D eigenvalue weighted by atomic mass is 35.5. The number of nitrogens with one attached hydrogen (secondary N) is 1. The van der Waals surface area contributed by atoms with Crippen LogP contribution in [0.5, 0.6) is 0 Å². The van der Waals surface area contributed by atoms with Crippen LogP contribution in [0.1, 0.15) is 10.4 Å². The summed E-state index contributed by atoms with van der Waals surface area (Å²) >= 11 is 5.82. The molecule has 0 radical (unpaired) electrons. The molecule has 0 unspecified atom stereocenters. The van der Waals surface area contributed by atoms with Crippen LogP contribution >= 0.6 is 11.6 Å². The second-order valence-electron chi connectivity index (χ2n) is 5.02. The van der Waals surface area contributed by atoms with Crippen LogP contribution in [0.15, 0.2) is 35.4 Å². The Morgan fingerprint density at radius 2 is 2.20 bits per heavy atom. The van der Waals surface area contributed by atoms with Crippen molar-refractivity contribution in [3.63, 3.8) is 0 Å². The highest BCUT2D eigenvalue weighted by Gasteiger charge is 2.10. The van der Waals surface area contributed by atoms with E-state index in [0.717, 1.165) is 0 Å². The molecule has 0 spiro atoms. The Balaban J connectivity index is 1.51. The topological polar surface area (TPSA) is 125 Å². The first-order valence-electron chi connectivity index (χ1n) is 7.25. The summed E-state index contributed by atoms with van der Waals surface area (Å²) in [5.41, 5.74) is 5.95. The highest BCUT2D eigenvalue weighted by molar-refractivity contribution is 6.30. The summed E-state index contributed by atoms with van der Waals surface area (Å²) in [6, 6.07) is 6.47. The molecule has 0 bridgehead atoms. The highest BCUT2D eigenvalue weighted by Crippen LogP contribution is 2.11. The fourth-order valence-electron chi connectivity index (χ4n) is 2.12. The van der Waals surface area contributed by atoms with E-state index in [2.05, 4.69) is 15.0 Å². The van der Waals surface area contributed by atoms with Crippen LogP contribution in [-0.2, 0) is 16.2 Å². The van der Waals surface area contributed by atoms with Crippen LogP contribution in [0.25, 0.3) is 11.2 Å². The average Bonchev–Trinajstić information content (AvgIpc) is 2.97. The molecule has 1 aromatic carbocycles. The van der Waals surface area contributed by atoms with Crippen LogP contribution in [-0.4, -0.2) is 38.7 Å². The first-order chi connectivity index (χ1) is 12.0. The van der Waals surface area contributed by atoms with E-state index >= 15 is 0 Å². The predicted octanol–water partition coefficient (Wildman–Crippen LogP) is 1.19. The van der Waals surface area contributed by atoms with Crippen molar-refractivity contribution in [2.75, 3.05) is 18.9 Å². The fourth-order valence-corrected chi connectivity index (χ4v) is 2.31. The van der Waals surface area contributed by atoms with Crippen LogP contribution in [0.3, 0.4) is 0 Å². The monoisotopic (exact) mass is 363 g/mol. The van der Waals surface area contributed by atoms with Gasteiger partial charge in [0, 0.05) is 5.02 Å². The van der Waals surface area contributed by atoms with E-state index in [1.165, 1.54) is 17.0 Å². The number of nitrogen functional groups attached to an aromatic ring is 1. The van der Waals surface area contributed by atoms with Crippen molar-refractivity contribution >= 4 is 34.7 Å². The zero-order chi connectivity index (χ0) is 17.8. The fraction of sp³-hybridized carbons (Fsp3) is 0.200. The number of nitrogens with two attached hydrogens (primary N) is 1. The predicted molar refractivity (Wildman–Crippen MR) is 90.2 cm³/mol. The minimum Gasteiger partial charge on any atom is -0.460 e. The second kappa shape index (κ2) is 7.32. The Bertz CT molecular complexity index is 968. The number of hydrogen-bond acceptors (Lipinski definition) is 7. The standard InChI is InChI=1S/C15H14ClN5O4/c16-10-3-1-2-9(6-10)14(23)25-5-4-24-8-21-7-18-11-12(21)19-15(17)20-13(11)22/h1-3,6-7H,4-5,8H2,(H3,17,19,20,22). The summed E-state index contributed by atoms with van der Waals surface area (Å²) in [6.45, 7) is 0.305. The van der Waals surface area contributed by atoms with Gasteiger partial charge in [0.15, 0.2) is 11.2 Å². The summed E-state index contributed by atoms with van der Waals surface area (Å²) in [4.78, 5) is 33.8. The molecule has 0 aliphatic rings. The normalized spacial score (nSPS) is 10.9. The summed E-state index contributed by atoms with van der Waals surface area (Å²) < 4.78 is 12.0. The molecule has 9 nitrogen and oxygen atoms in total. The van der Waals surface area contributed by atoms with Gasteiger partial charge >= 0.3 is 5.97 Å². The molecule has 0 aliphatic carbocycles. The van der Waals surface area contributed by atoms with Gasteiger partial charge in [0.1, 0.15) is 13.3 Å². The van der Waals surface area contributed by atoms with E-state index in [1.807, 2.05) is 0 Å². The van der Waals surface area contributed by atoms with Crippen molar-refractivity contribution in [1.82, 2.24) is 19.5 Å². The Morgan fingerprint density at radius 3 is 3.00 bits per heavy atom. The zero-order valence-electron chi connectivity index (χ0n) is 12.9. The molecule has 25 heavy (non-hydrogen) atoms. The summed E-state index contributed by atoms with van der Waals surface area (Å²) in [5.74, 6) is -0.491. The number of nitrogens with zero attached hydrogens (tertiary/aromatic N) is 3. The number of carbonyl (C=O) groups excluding carboxylic acids is 1. The zero-order valence-corrected chi connectivity index (χ0v) is 13.7. The number of ether oxygens (including phenoxy) is 2. The molecule has 2 aromatic heterocycles. The lowest BCUT2D eigenvalue weighted by molar-refractivity contribution is 0.0181. The van der Waals surface area contributed by atoms with Crippen LogP contribution in [0, 0.1) is 0 Å². The molecule has 130 valence electrons. The SMILES string of the molecule is Nc1nc2c(ncn2COCCOC(=O)c2cccc(Cl)c2)c(=O)[nH]1. The van der Waals surface area contributed by atoms with E-state index in [1.54, 1.807) is 18.2 Å². The molecule has 2 heterocycles. The number of H-pyrrole nitrogens is 1. The molecule has 0 fully saturated rings. The second-order valence-corrected chi connectivity index (χ2v) is 5.46. The van der Waals surface area contributed by atoms with Gasteiger partial charge in [-0.2, -0.15) is 4.98 Å². The maximum absolute atomic E-state index is 11.8. The summed E-state index contributed by atoms with van der Waals surface area (Å²) in [5, 5.41) is 0.458. The third-order valence-electron chi connectivity index (χ3n) is 3.24. The van der Waals surface area contributed by atoms with Crippen molar-refractivity contribution in [2.24, 2.45) is 0 Å². The van der Waals surface area contributed by atoms with Gasteiger partial charge in [0.2, 0.25) is 5.95 Å². The lowest BCUT2D eigenvalue weighted by atomic mass is 10.2. The van der Waals surface area contributed by atoms with E-state index < -0.39 is 11.5 Å². The third kappa shape index (κ3) is 3.95. The molecular weight excluding hydrogens is 350 g/mol. The maximum atomic E-state index is 11.8. The van der Waals surface area contributed by atoms with Gasteiger partial charge in [-0.05, 0) is 18.2 Å². The quantitative estimate of drug-likeness (QED) is 0.497. The van der Waals surface area contributed by atoms with E-state index in [4.69, 9.17) is 26.8 Å². The molecule has 0 saturated heterocycles. The van der Waals surface area contributed by atoms with Gasteiger partial charge in [0.05, 0.1) is 18.5 Å². The largest absolute Gasteiger partial charge is 0.460 e. The number of anilines is 1. The van der Waals surface area contributed by atoms with Crippen LogP contribution in [0.4, 0.5) is 5.95 Å². The van der Waals surface area contributed by atoms with E-state index in [0.29, 0.717) is 16.2 Å². The minimum atomic E-state index is -0.486. The number of aromatic nitrogens is 4. The number of imidazole rings is 1. The molecule has 10 heteroatoms. The molecule has 3 N–H and O–H groups in total. The number of esters is 1. The van der Waals surface area contributed by atoms with Gasteiger partial charge < -0.3 is 15.2 Å². The number of carbonyl (C=O) groups is 1. The van der Waals surface area contributed by atoms with Crippen molar-refractivity contribution in [1.29, 1.82) is 0 Å².